The second-order valence-electron chi connectivity index (χ2n) is 6.14. The average molecular weight is 283 g/mol. The Kier molecular flexibility index (Phi) is 3.72. The molecule has 4 nitrogen and oxygen atoms in total. The molecule has 0 radical (unpaired) electrons. The van der Waals surface area contributed by atoms with Gasteiger partial charge in [0.2, 0.25) is 0 Å². The number of carboxylic acid groups (broad SMARTS) is 1. The molecule has 2 rings (SSSR count). The van der Waals surface area contributed by atoms with Crippen LogP contribution in [0.4, 0.5) is 5.82 Å². The highest BCUT2D eigenvalue weighted by Crippen LogP contribution is 2.35. The van der Waals surface area contributed by atoms with Crippen LogP contribution in [0.3, 0.4) is 0 Å². The molecular weight excluding hydrogens is 264 g/mol. The first kappa shape index (κ1) is 14.1. The van der Waals surface area contributed by atoms with Crippen LogP contribution in [0.2, 0.25) is 5.15 Å². The fourth-order valence-corrected chi connectivity index (χ4v) is 2.65. The van der Waals surface area contributed by atoms with Crippen LogP contribution in [0, 0.1) is 11.3 Å². The molecule has 0 amide bonds. The van der Waals surface area contributed by atoms with Gasteiger partial charge in [-0.1, -0.05) is 32.4 Å². The molecule has 1 aromatic heterocycles. The average Bonchev–Trinajstić information content (AvgIpc) is 2.76. The van der Waals surface area contributed by atoms with Crippen molar-refractivity contribution in [2.75, 3.05) is 18.0 Å². The molecule has 2 heterocycles. The van der Waals surface area contributed by atoms with Gasteiger partial charge in [-0.3, -0.25) is 0 Å². The van der Waals surface area contributed by atoms with Gasteiger partial charge in [0, 0.05) is 13.1 Å². The predicted molar refractivity (Wildman–Crippen MR) is 76.0 cm³/mol. The molecule has 1 fully saturated rings. The molecule has 0 aliphatic carbocycles. The van der Waals surface area contributed by atoms with E-state index >= 15 is 0 Å². The van der Waals surface area contributed by atoms with Crippen molar-refractivity contribution in [2.45, 2.75) is 27.2 Å². The molecule has 1 saturated heterocycles. The van der Waals surface area contributed by atoms with E-state index in [1.807, 2.05) is 0 Å². The summed E-state index contributed by atoms with van der Waals surface area (Å²) in [7, 11) is 0. The molecule has 1 aromatic rings. The summed E-state index contributed by atoms with van der Waals surface area (Å²) in [5, 5.41) is 9.28. The van der Waals surface area contributed by atoms with Crippen LogP contribution in [0.1, 0.15) is 37.6 Å². The molecule has 104 valence electrons. The molecule has 0 spiro atoms. The highest BCUT2D eigenvalue weighted by atomic mass is 35.5. The third-order valence-electron chi connectivity index (χ3n) is 3.76. The number of anilines is 1. The van der Waals surface area contributed by atoms with Crippen LogP contribution in [0.5, 0.6) is 0 Å². The summed E-state index contributed by atoms with van der Waals surface area (Å²) in [5.41, 5.74) is 0.442. The number of aromatic carboxylic acids is 1. The lowest BCUT2D eigenvalue weighted by Gasteiger charge is -2.27. The summed E-state index contributed by atoms with van der Waals surface area (Å²) in [5.74, 6) is 0.273. The Labute approximate surface area is 118 Å². The Morgan fingerprint density at radius 2 is 2.16 bits per heavy atom. The molecular formula is C14H19ClN2O2. The van der Waals surface area contributed by atoms with Crippen LogP contribution in [0.15, 0.2) is 12.1 Å². The molecule has 1 aliphatic rings. The Morgan fingerprint density at radius 1 is 1.47 bits per heavy atom. The Morgan fingerprint density at radius 3 is 2.68 bits per heavy atom. The van der Waals surface area contributed by atoms with E-state index in [0.29, 0.717) is 11.7 Å². The molecule has 1 aliphatic heterocycles. The summed E-state index contributed by atoms with van der Waals surface area (Å²) in [6.45, 7) is 8.49. The van der Waals surface area contributed by atoms with E-state index in [1.54, 1.807) is 6.07 Å². The van der Waals surface area contributed by atoms with Gasteiger partial charge in [-0.2, -0.15) is 0 Å². The number of nitrogens with zero attached hydrogens (tertiary/aromatic N) is 2. The van der Waals surface area contributed by atoms with Crippen LogP contribution < -0.4 is 4.90 Å². The van der Waals surface area contributed by atoms with Crippen LogP contribution >= 0.6 is 11.6 Å². The van der Waals surface area contributed by atoms with Crippen LogP contribution in [-0.2, 0) is 0 Å². The second-order valence-corrected chi connectivity index (χ2v) is 6.53. The molecule has 5 heteroatoms. The van der Waals surface area contributed by atoms with Gasteiger partial charge in [-0.15, -0.1) is 0 Å². The molecule has 1 unspecified atom stereocenters. The quantitative estimate of drug-likeness (QED) is 0.846. The lowest BCUT2D eigenvalue weighted by atomic mass is 9.80. The number of carboxylic acids is 1. The van der Waals surface area contributed by atoms with Gasteiger partial charge in [-0.25, -0.2) is 9.78 Å². The maximum Gasteiger partial charge on any atom is 0.335 e. The lowest BCUT2D eigenvalue weighted by Crippen LogP contribution is -2.26. The summed E-state index contributed by atoms with van der Waals surface area (Å²) >= 11 is 5.90. The molecule has 0 aromatic carbocycles. The number of hydrogen-bond donors (Lipinski definition) is 1. The molecule has 19 heavy (non-hydrogen) atoms. The smallest absolute Gasteiger partial charge is 0.335 e. The Bertz CT molecular complexity index is 497. The fourth-order valence-electron chi connectivity index (χ4n) is 2.44. The van der Waals surface area contributed by atoms with Crippen molar-refractivity contribution in [3.63, 3.8) is 0 Å². The monoisotopic (exact) mass is 282 g/mol. The zero-order valence-corrected chi connectivity index (χ0v) is 12.2. The van der Waals surface area contributed by atoms with Gasteiger partial charge in [0.1, 0.15) is 11.0 Å². The maximum absolute atomic E-state index is 11.0. The van der Waals surface area contributed by atoms with Gasteiger partial charge in [-0.05, 0) is 29.9 Å². The summed E-state index contributed by atoms with van der Waals surface area (Å²) in [4.78, 5) is 17.4. The van der Waals surface area contributed by atoms with Crippen molar-refractivity contribution in [3.05, 3.63) is 22.8 Å². The number of rotatable bonds is 2. The van der Waals surface area contributed by atoms with Crippen molar-refractivity contribution < 1.29 is 9.90 Å². The van der Waals surface area contributed by atoms with Gasteiger partial charge < -0.3 is 10.0 Å². The summed E-state index contributed by atoms with van der Waals surface area (Å²) < 4.78 is 0. The summed E-state index contributed by atoms with van der Waals surface area (Å²) in [6.07, 6.45) is 1.10. The zero-order chi connectivity index (χ0) is 14.2. The van der Waals surface area contributed by atoms with Crippen LogP contribution in [0.25, 0.3) is 0 Å². The largest absolute Gasteiger partial charge is 0.478 e. The Balaban J connectivity index is 2.22. The number of halogens is 1. The normalized spacial score (nSPS) is 19.8. The number of aromatic nitrogens is 1. The van der Waals surface area contributed by atoms with Crippen molar-refractivity contribution >= 4 is 23.4 Å². The van der Waals surface area contributed by atoms with Crippen LogP contribution in [-0.4, -0.2) is 29.1 Å². The minimum Gasteiger partial charge on any atom is -0.478 e. The number of carbonyl (C=O) groups is 1. The highest BCUT2D eigenvalue weighted by Gasteiger charge is 2.32. The van der Waals surface area contributed by atoms with Crippen molar-refractivity contribution in [1.29, 1.82) is 0 Å². The van der Waals surface area contributed by atoms with Crippen molar-refractivity contribution in [3.8, 4) is 0 Å². The topological polar surface area (TPSA) is 53.4 Å². The zero-order valence-electron chi connectivity index (χ0n) is 11.5. The standard InChI is InChI=1S/C14H19ClN2O2/c1-14(2,3)10-4-5-17(8-10)12-7-9(13(18)19)6-11(15)16-12/h6-7,10H,4-5,8H2,1-3H3,(H,18,19). The molecule has 1 N–H and O–H groups in total. The van der Waals surface area contributed by atoms with Gasteiger partial charge in [0.25, 0.3) is 0 Å². The first-order chi connectivity index (χ1) is 8.77. The van der Waals surface area contributed by atoms with Gasteiger partial charge in [0.15, 0.2) is 0 Å². The molecule has 1 atom stereocenters. The van der Waals surface area contributed by atoms with Gasteiger partial charge in [0.05, 0.1) is 5.56 Å². The van der Waals surface area contributed by atoms with Gasteiger partial charge >= 0.3 is 5.97 Å². The Hall–Kier alpha value is -1.29. The molecule has 0 bridgehead atoms. The van der Waals surface area contributed by atoms with E-state index in [2.05, 4.69) is 30.7 Å². The highest BCUT2D eigenvalue weighted by molar-refractivity contribution is 6.29. The minimum absolute atomic E-state index is 0.189. The predicted octanol–water partition coefficient (Wildman–Crippen LogP) is 3.31. The third kappa shape index (κ3) is 3.18. The summed E-state index contributed by atoms with van der Waals surface area (Å²) in [6, 6.07) is 2.98. The fraction of sp³-hybridized carbons (Fsp3) is 0.571. The SMILES string of the molecule is CC(C)(C)C1CCN(c2cc(C(=O)O)cc(Cl)n2)C1. The van der Waals surface area contributed by atoms with E-state index in [-0.39, 0.29) is 16.1 Å². The van der Waals surface area contributed by atoms with E-state index in [0.717, 1.165) is 19.5 Å². The number of hydrogen-bond acceptors (Lipinski definition) is 3. The maximum atomic E-state index is 11.0. The number of pyridine rings is 1. The van der Waals surface area contributed by atoms with E-state index in [1.165, 1.54) is 6.07 Å². The third-order valence-corrected chi connectivity index (χ3v) is 3.96. The minimum atomic E-state index is -0.975. The van der Waals surface area contributed by atoms with E-state index in [4.69, 9.17) is 16.7 Å². The lowest BCUT2D eigenvalue weighted by molar-refractivity contribution is 0.0697. The first-order valence-corrected chi connectivity index (χ1v) is 6.81. The molecule has 0 saturated carbocycles. The van der Waals surface area contributed by atoms with E-state index in [9.17, 15) is 4.79 Å². The van der Waals surface area contributed by atoms with Crippen molar-refractivity contribution in [2.24, 2.45) is 11.3 Å². The van der Waals surface area contributed by atoms with E-state index < -0.39 is 5.97 Å². The first-order valence-electron chi connectivity index (χ1n) is 6.43. The van der Waals surface area contributed by atoms with Crippen molar-refractivity contribution in [1.82, 2.24) is 4.98 Å². The second kappa shape index (κ2) is 5.00.